The molecule has 150 valence electrons. The molecule has 0 spiro atoms. The van der Waals surface area contributed by atoms with E-state index >= 15 is 0 Å². The summed E-state index contributed by atoms with van der Waals surface area (Å²) in [7, 11) is 0. The van der Waals surface area contributed by atoms with Crippen LogP contribution in [-0.2, 0) is 10.9 Å². The Morgan fingerprint density at radius 3 is 2.61 bits per heavy atom. The van der Waals surface area contributed by atoms with E-state index in [2.05, 4.69) is 19.9 Å². The maximum Gasteiger partial charge on any atom is 0.434 e. The molecule has 2 fully saturated rings. The van der Waals surface area contributed by atoms with Gasteiger partial charge >= 0.3 is 6.18 Å². The predicted molar refractivity (Wildman–Crippen MR) is 96.9 cm³/mol. The lowest BCUT2D eigenvalue weighted by Crippen LogP contribution is -2.45. The third kappa shape index (κ3) is 3.53. The zero-order valence-electron chi connectivity index (χ0n) is 15.3. The van der Waals surface area contributed by atoms with Crippen LogP contribution in [0.2, 0.25) is 0 Å². The van der Waals surface area contributed by atoms with Crippen LogP contribution in [-0.4, -0.2) is 58.8 Å². The number of ether oxygens (including phenoxy) is 1. The minimum Gasteiger partial charge on any atom is -0.377 e. The third-order valence-electron chi connectivity index (χ3n) is 4.86. The molecule has 4 rings (SSSR count). The Morgan fingerprint density at radius 2 is 1.96 bits per heavy atom. The van der Waals surface area contributed by atoms with Gasteiger partial charge in [0.2, 0.25) is 11.9 Å². The number of alkyl halides is 3. The highest BCUT2D eigenvalue weighted by atomic mass is 19.4. The molecule has 4 heterocycles. The Kier molecular flexibility index (Phi) is 4.69. The first-order chi connectivity index (χ1) is 13.3. The Hall–Kier alpha value is -2.69. The Balaban J connectivity index is 1.84. The number of aromatic nitrogens is 4. The van der Waals surface area contributed by atoms with Crippen molar-refractivity contribution in [3.8, 4) is 11.3 Å². The van der Waals surface area contributed by atoms with Crippen molar-refractivity contribution in [3.05, 3.63) is 18.0 Å². The zero-order chi connectivity index (χ0) is 19.9. The second-order valence-electron chi connectivity index (χ2n) is 6.86. The molecule has 8 nitrogen and oxygen atoms in total. The van der Waals surface area contributed by atoms with Gasteiger partial charge in [0.05, 0.1) is 24.9 Å². The van der Waals surface area contributed by atoms with E-state index in [1.165, 1.54) is 0 Å². The van der Waals surface area contributed by atoms with E-state index in [0.717, 1.165) is 25.7 Å². The van der Waals surface area contributed by atoms with E-state index < -0.39 is 17.8 Å². The summed E-state index contributed by atoms with van der Waals surface area (Å²) in [6.07, 6.45) is -2.60. The molecule has 2 aromatic heterocycles. The first-order valence-corrected chi connectivity index (χ1v) is 9.01. The largest absolute Gasteiger partial charge is 0.434 e. The van der Waals surface area contributed by atoms with Gasteiger partial charge in [0.1, 0.15) is 5.82 Å². The van der Waals surface area contributed by atoms with Gasteiger partial charge < -0.3 is 20.3 Å². The molecule has 2 aliphatic rings. The van der Waals surface area contributed by atoms with Gasteiger partial charge in [-0.25, -0.2) is 15.0 Å². The van der Waals surface area contributed by atoms with Gasteiger partial charge in [0.25, 0.3) is 0 Å². The molecule has 0 bridgehead atoms. The van der Waals surface area contributed by atoms with Gasteiger partial charge in [-0.2, -0.15) is 18.2 Å². The van der Waals surface area contributed by atoms with Gasteiger partial charge in [-0.15, -0.1) is 0 Å². The Morgan fingerprint density at radius 1 is 1.18 bits per heavy atom. The minimum absolute atomic E-state index is 0.0120. The molecule has 2 aliphatic heterocycles. The minimum atomic E-state index is -4.68. The molecule has 28 heavy (non-hydrogen) atoms. The van der Waals surface area contributed by atoms with Crippen molar-refractivity contribution in [1.82, 2.24) is 19.9 Å². The molecule has 2 aromatic rings. The summed E-state index contributed by atoms with van der Waals surface area (Å²) >= 11 is 0. The first-order valence-electron chi connectivity index (χ1n) is 9.01. The van der Waals surface area contributed by atoms with Crippen molar-refractivity contribution in [2.45, 2.75) is 25.6 Å². The number of nitrogens with two attached hydrogens (primary N) is 1. The molecule has 0 aliphatic carbocycles. The standard InChI is InChI=1S/C17H20F3N7O/c1-10-9-28-6-5-27(10)16-23-12(7-13(24-16)26-3-2-4-26)11-8-22-15(21)25-14(11)17(18,19)20/h7-8,10H,2-6,9H2,1H3,(H2,21,22,25)/t10-/m1/s1. The van der Waals surface area contributed by atoms with Crippen molar-refractivity contribution in [1.29, 1.82) is 0 Å². The lowest BCUT2D eigenvalue weighted by atomic mass is 10.1. The fourth-order valence-corrected chi connectivity index (χ4v) is 3.22. The van der Waals surface area contributed by atoms with Gasteiger partial charge in [-0.1, -0.05) is 0 Å². The SMILES string of the molecule is C[C@@H]1COCCN1c1nc(-c2cnc(N)nc2C(F)(F)F)cc(N2CCC2)n1. The van der Waals surface area contributed by atoms with E-state index in [9.17, 15) is 13.2 Å². The highest BCUT2D eigenvalue weighted by Crippen LogP contribution is 2.37. The monoisotopic (exact) mass is 395 g/mol. The van der Waals surface area contributed by atoms with E-state index in [-0.39, 0.29) is 17.3 Å². The normalized spacial score (nSPS) is 20.2. The highest BCUT2D eigenvalue weighted by molar-refractivity contribution is 5.68. The van der Waals surface area contributed by atoms with E-state index in [1.54, 1.807) is 6.07 Å². The maximum absolute atomic E-state index is 13.5. The Bertz CT molecular complexity index is 872. The fourth-order valence-electron chi connectivity index (χ4n) is 3.22. The molecule has 11 heteroatoms. The number of halogens is 3. The highest BCUT2D eigenvalue weighted by Gasteiger charge is 2.37. The molecule has 0 amide bonds. The lowest BCUT2D eigenvalue weighted by Gasteiger charge is -2.36. The maximum atomic E-state index is 13.5. The molecule has 0 radical (unpaired) electrons. The quantitative estimate of drug-likeness (QED) is 0.843. The molecule has 1 atom stereocenters. The second kappa shape index (κ2) is 7.04. The smallest absolute Gasteiger partial charge is 0.377 e. The van der Waals surface area contributed by atoms with Crippen molar-refractivity contribution in [2.24, 2.45) is 0 Å². The summed E-state index contributed by atoms with van der Waals surface area (Å²) in [6, 6.07) is 1.57. The van der Waals surface area contributed by atoms with Crippen molar-refractivity contribution < 1.29 is 17.9 Å². The number of nitrogens with zero attached hydrogens (tertiary/aromatic N) is 6. The molecule has 2 N–H and O–H groups in total. The molecule has 0 aromatic carbocycles. The predicted octanol–water partition coefficient (Wildman–Crippen LogP) is 1.97. The summed E-state index contributed by atoms with van der Waals surface area (Å²) in [5, 5.41) is 0. The lowest BCUT2D eigenvalue weighted by molar-refractivity contribution is -0.140. The number of anilines is 3. The number of rotatable bonds is 3. The second-order valence-corrected chi connectivity index (χ2v) is 6.86. The van der Waals surface area contributed by atoms with Crippen LogP contribution in [0.15, 0.2) is 12.3 Å². The topological polar surface area (TPSA) is 93.3 Å². The van der Waals surface area contributed by atoms with Crippen molar-refractivity contribution in [3.63, 3.8) is 0 Å². The van der Waals surface area contributed by atoms with Gasteiger partial charge in [0, 0.05) is 37.5 Å². The molecule has 0 saturated carbocycles. The van der Waals surface area contributed by atoms with Crippen LogP contribution >= 0.6 is 0 Å². The number of morpholine rings is 1. The molecular weight excluding hydrogens is 375 g/mol. The zero-order valence-corrected chi connectivity index (χ0v) is 15.3. The van der Waals surface area contributed by atoms with Gasteiger partial charge in [0.15, 0.2) is 5.69 Å². The van der Waals surface area contributed by atoms with Gasteiger partial charge in [-0.3, -0.25) is 0 Å². The van der Waals surface area contributed by atoms with Crippen molar-refractivity contribution in [2.75, 3.05) is 48.4 Å². The summed E-state index contributed by atoms with van der Waals surface area (Å²) in [5.41, 5.74) is 4.20. The summed E-state index contributed by atoms with van der Waals surface area (Å²) in [5.74, 6) is 0.533. The van der Waals surface area contributed by atoms with Gasteiger partial charge in [-0.05, 0) is 13.3 Å². The molecular formula is C17H20F3N7O. The molecule has 0 unspecified atom stereocenters. The van der Waals surface area contributed by atoms with Crippen LogP contribution < -0.4 is 15.5 Å². The van der Waals surface area contributed by atoms with Crippen LogP contribution in [0.1, 0.15) is 19.0 Å². The average Bonchev–Trinajstić information content (AvgIpc) is 2.59. The average molecular weight is 395 g/mol. The van der Waals surface area contributed by atoms with Crippen LogP contribution in [0.3, 0.4) is 0 Å². The van der Waals surface area contributed by atoms with Crippen LogP contribution in [0.4, 0.5) is 30.9 Å². The number of hydrogen-bond donors (Lipinski definition) is 1. The Labute approximate surface area is 159 Å². The summed E-state index contributed by atoms with van der Waals surface area (Å²) < 4.78 is 46.1. The first kappa shape index (κ1) is 18.7. The van der Waals surface area contributed by atoms with E-state index in [4.69, 9.17) is 10.5 Å². The van der Waals surface area contributed by atoms with Crippen LogP contribution in [0, 0.1) is 0 Å². The third-order valence-corrected chi connectivity index (χ3v) is 4.86. The van der Waals surface area contributed by atoms with Crippen LogP contribution in [0.5, 0.6) is 0 Å². The van der Waals surface area contributed by atoms with E-state index in [0.29, 0.717) is 31.5 Å². The van der Waals surface area contributed by atoms with E-state index in [1.807, 2.05) is 16.7 Å². The fraction of sp³-hybridized carbons (Fsp3) is 0.529. The number of hydrogen-bond acceptors (Lipinski definition) is 8. The van der Waals surface area contributed by atoms with Crippen LogP contribution in [0.25, 0.3) is 11.3 Å². The number of nitrogen functional groups attached to an aromatic ring is 1. The van der Waals surface area contributed by atoms with Crippen molar-refractivity contribution >= 4 is 17.7 Å². The summed E-state index contributed by atoms with van der Waals surface area (Å²) in [6.45, 7) is 5.15. The summed E-state index contributed by atoms with van der Waals surface area (Å²) in [4.78, 5) is 20.2. The molecule has 2 saturated heterocycles.